The SMILES string of the molecule is CCc1ccc(N)cc1S(=O)(=O)Nc1ccc(Cl)nc1. The second-order valence-electron chi connectivity index (χ2n) is 4.20. The molecule has 0 fully saturated rings. The Hall–Kier alpha value is -1.79. The molecular weight excluding hydrogens is 298 g/mol. The van der Waals surface area contributed by atoms with Crippen molar-refractivity contribution < 1.29 is 8.42 Å². The van der Waals surface area contributed by atoms with Gasteiger partial charge in [-0.2, -0.15) is 0 Å². The predicted octanol–water partition coefficient (Wildman–Crippen LogP) is 2.68. The molecule has 20 heavy (non-hydrogen) atoms. The van der Waals surface area contributed by atoms with Crippen LogP contribution in [-0.2, 0) is 16.4 Å². The lowest BCUT2D eigenvalue weighted by Gasteiger charge is -2.12. The van der Waals surface area contributed by atoms with E-state index in [1.165, 1.54) is 18.3 Å². The van der Waals surface area contributed by atoms with Gasteiger partial charge in [-0.3, -0.25) is 4.72 Å². The molecule has 1 aromatic heterocycles. The first-order valence-electron chi connectivity index (χ1n) is 5.95. The first-order chi connectivity index (χ1) is 9.42. The highest BCUT2D eigenvalue weighted by atomic mass is 35.5. The Morgan fingerprint density at radius 2 is 2.05 bits per heavy atom. The molecule has 0 saturated carbocycles. The van der Waals surface area contributed by atoms with E-state index in [4.69, 9.17) is 17.3 Å². The molecule has 1 aromatic carbocycles. The van der Waals surface area contributed by atoms with Crippen molar-refractivity contribution >= 4 is 33.0 Å². The Morgan fingerprint density at radius 1 is 1.30 bits per heavy atom. The van der Waals surface area contributed by atoms with Crippen molar-refractivity contribution in [2.45, 2.75) is 18.2 Å². The molecule has 3 N–H and O–H groups in total. The van der Waals surface area contributed by atoms with Crippen LogP contribution in [0.1, 0.15) is 12.5 Å². The average Bonchev–Trinajstić information content (AvgIpc) is 2.41. The number of aryl methyl sites for hydroxylation is 1. The summed E-state index contributed by atoms with van der Waals surface area (Å²) >= 11 is 5.66. The van der Waals surface area contributed by atoms with Crippen LogP contribution < -0.4 is 10.5 Å². The number of benzene rings is 1. The molecule has 5 nitrogen and oxygen atoms in total. The van der Waals surface area contributed by atoms with E-state index in [1.807, 2.05) is 6.92 Å². The van der Waals surface area contributed by atoms with E-state index in [2.05, 4.69) is 9.71 Å². The Morgan fingerprint density at radius 3 is 2.65 bits per heavy atom. The maximum absolute atomic E-state index is 12.4. The molecule has 1 heterocycles. The number of aromatic nitrogens is 1. The molecule has 106 valence electrons. The molecule has 0 bridgehead atoms. The summed E-state index contributed by atoms with van der Waals surface area (Å²) in [6.07, 6.45) is 1.95. The third-order valence-corrected chi connectivity index (χ3v) is 4.43. The van der Waals surface area contributed by atoms with Crippen LogP contribution in [0.25, 0.3) is 0 Å². The van der Waals surface area contributed by atoms with Crippen LogP contribution >= 0.6 is 11.6 Å². The van der Waals surface area contributed by atoms with Gasteiger partial charge in [-0.15, -0.1) is 0 Å². The minimum Gasteiger partial charge on any atom is -0.399 e. The molecule has 0 saturated heterocycles. The standard InChI is InChI=1S/C13H14ClN3O2S/c1-2-9-3-4-10(15)7-12(9)20(18,19)17-11-5-6-13(14)16-8-11/h3-8,17H,2,15H2,1H3. The third kappa shape index (κ3) is 3.20. The Labute approximate surface area is 122 Å². The van der Waals surface area contributed by atoms with Crippen LogP contribution in [0.4, 0.5) is 11.4 Å². The fourth-order valence-corrected chi connectivity index (χ4v) is 3.26. The molecule has 0 amide bonds. The first kappa shape index (κ1) is 14.6. The summed E-state index contributed by atoms with van der Waals surface area (Å²) < 4.78 is 27.2. The number of rotatable bonds is 4. The van der Waals surface area contributed by atoms with Gasteiger partial charge in [-0.05, 0) is 36.2 Å². The fourth-order valence-electron chi connectivity index (χ4n) is 1.76. The van der Waals surface area contributed by atoms with E-state index in [0.717, 1.165) is 0 Å². The van der Waals surface area contributed by atoms with Gasteiger partial charge in [0.15, 0.2) is 0 Å². The lowest BCUT2D eigenvalue weighted by atomic mass is 10.1. The molecular formula is C13H14ClN3O2S. The van der Waals surface area contributed by atoms with Crippen molar-refractivity contribution in [2.75, 3.05) is 10.5 Å². The Kier molecular flexibility index (Phi) is 4.15. The highest BCUT2D eigenvalue weighted by Crippen LogP contribution is 2.22. The van der Waals surface area contributed by atoms with E-state index in [-0.39, 0.29) is 4.90 Å². The molecule has 2 aromatic rings. The smallest absolute Gasteiger partial charge is 0.262 e. The minimum atomic E-state index is -3.70. The minimum absolute atomic E-state index is 0.176. The quantitative estimate of drug-likeness (QED) is 0.671. The number of nitrogens with two attached hydrogens (primary N) is 1. The van der Waals surface area contributed by atoms with Gasteiger partial charge in [0.05, 0.1) is 16.8 Å². The molecule has 0 aliphatic carbocycles. The summed E-state index contributed by atoms with van der Waals surface area (Å²) in [6, 6.07) is 7.90. The predicted molar refractivity (Wildman–Crippen MR) is 80.3 cm³/mol. The largest absolute Gasteiger partial charge is 0.399 e. The van der Waals surface area contributed by atoms with Gasteiger partial charge in [-0.25, -0.2) is 13.4 Å². The monoisotopic (exact) mass is 311 g/mol. The van der Waals surface area contributed by atoms with Crippen LogP contribution in [0.3, 0.4) is 0 Å². The average molecular weight is 312 g/mol. The molecule has 2 rings (SSSR count). The topological polar surface area (TPSA) is 85.1 Å². The summed E-state index contributed by atoms with van der Waals surface area (Å²) in [5, 5.41) is 0.297. The molecule has 0 radical (unpaired) electrons. The molecule has 0 aliphatic rings. The van der Waals surface area contributed by atoms with Gasteiger partial charge in [-0.1, -0.05) is 24.6 Å². The highest BCUT2D eigenvalue weighted by Gasteiger charge is 2.18. The summed E-state index contributed by atoms with van der Waals surface area (Å²) in [5.74, 6) is 0. The van der Waals surface area contributed by atoms with E-state index >= 15 is 0 Å². The van der Waals surface area contributed by atoms with Crippen molar-refractivity contribution in [3.05, 3.63) is 47.2 Å². The van der Waals surface area contributed by atoms with Crippen molar-refractivity contribution in [3.8, 4) is 0 Å². The molecule has 7 heteroatoms. The van der Waals surface area contributed by atoms with Gasteiger partial charge >= 0.3 is 0 Å². The molecule has 0 spiro atoms. The number of hydrogen-bond acceptors (Lipinski definition) is 4. The highest BCUT2D eigenvalue weighted by molar-refractivity contribution is 7.92. The summed E-state index contributed by atoms with van der Waals surface area (Å²) in [5.41, 5.74) is 7.12. The Balaban J connectivity index is 2.40. The summed E-state index contributed by atoms with van der Waals surface area (Å²) in [4.78, 5) is 4.01. The maximum atomic E-state index is 12.4. The number of anilines is 2. The van der Waals surface area contributed by atoms with Crippen molar-refractivity contribution in [2.24, 2.45) is 0 Å². The number of pyridine rings is 1. The number of nitrogen functional groups attached to an aromatic ring is 1. The third-order valence-electron chi connectivity index (χ3n) is 2.74. The van der Waals surface area contributed by atoms with Crippen LogP contribution in [0.2, 0.25) is 5.15 Å². The number of hydrogen-bond donors (Lipinski definition) is 2. The summed E-state index contributed by atoms with van der Waals surface area (Å²) in [6.45, 7) is 1.88. The van der Waals surface area contributed by atoms with Crippen LogP contribution in [0.15, 0.2) is 41.4 Å². The zero-order valence-corrected chi connectivity index (χ0v) is 12.4. The number of sulfonamides is 1. The zero-order chi connectivity index (χ0) is 14.8. The second kappa shape index (κ2) is 5.68. The van der Waals surface area contributed by atoms with Crippen molar-refractivity contribution in [3.63, 3.8) is 0 Å². The van der Waals surface area contributed by atoms with E-state index < -0.39 is 10.0 Å². The van der Waals surface area contributed by atoms with Crippen LogP contribution in [0.5, 0.6) is 0 Å². The van der Waals surface area contributed by atoms with Gasteiger partial charge in [0.25, 0.3) is 10.0 Å². The van der Waals surface area contributed by atoms with Gasteiger partial charge in [0.1, 0.15) is 5.15 Å². The van der Waals surface area contributed by atoms with Crippen LogP contribution in [-0.4, -0.2) is 13.4 Å². The van der Waals surface area contributed by atoms with E-state index in [1.54, 1.807) is 18.2 Å². The lowest BCUT2D eigenvalue weighted by Crippen LogP contribution is -2.15. The molecule has 0 atom stereocenters. The van der Waals surface area contributed by atoms with Gasteiger partial charge in [0, 0.05) is 5.69 Å². The number of nitrogens with one attached hydrogen (secondary N) is 1. The first-order valence-corrected chi connectivity index (χ1v) is 7.81. The van der Waals surface area contributed by atoms with Crippen molar-refractivity contribution in [1.82, 2.24) is 4.98 Å². The second-order valence-corrected chi connectivity index (χ2v) is 6.23. The molecule has 0 aliphatic heterocycles. The van der Waals surface area contributed by atoms with Gasteiger partial charge < -0.3 is 5.73 Å². The van der Waals surface area contributed by atoms with Crippen LogP contribution in [0, 0.1) is 0 Å². The normalized spacial score (nSPS) is 11.3. The molecule has 0 unspecified atom stereocenters. The Bertz CT molecular complexity index is 715. The van der Waals surface area contributed by atoms with E-state index in [0.29, 0.717) is 28.5 Å². The zero-order valence-electron chi connectivity index (χ0n) is 10.8. The number of nitrogens with zero attached hydrogens (tertiary/aromatic N) is 1. The fraction of sp³-hybridized carbons (Fsp3) is 0.154. The number of halogens is 1. The van der Waals surface area contributed by atoms with E-state index in [9.17, 15) is 8.42 Å². The lowest BCUT2D eigenvalue weighted by molar-refractivity contribution is 0.600. The maximum Gasteiger partial charge on any atom is 0.262 e. The van der Waals surface area contributed by atoms with Crippen molar-refractivity contribution in [1.29, 1.82) is 0 Å². The van der Waals surface area contributed by atoms with Gasteiger partial charge in [0.2, 0.25) is 0 Å². The summed E-state index contributed by atoms with van der Waals surface area (Å²) in [7, 11) is -3.70.